The molecule has 2 heterocycles. The number of aromatic nitrogens is 1. The molecule has 1 aliphatic heterocycles. The van der Waals surface area contributed by atoms with E-state index < -0.39 is 39.1 Å². The predicted molar refractivity (Wildman–Crippen MR) is 113 cm³/mol. The SMILES string of the molecule is CCOC(=O)Cn1c(=NC(=O)CS(=O)(=O)CC(=O)N2CCOCC2)sc2ccccc21. The second kappa shape index (κ2) is 10.2. The zero-order valence-corrected chi connectivity index (χ0v) is 18.6. The normalized spacial score (nSPS) is 15.3. The molecule has 10 nitrogen and oxygen atoms in total. The first-order chi connectivity index (χ1) is 14.8. The first-order valence-electron chi connectivity index (χ1n) is 9.66. The summed E-state index contributed by atoms with van der Waals surface area (Å²) in [4.78, 5) is 42.1. The standard InChI is InChI=1S/C19H23N3O7S2/c1-2-29-18(25)11-22-14-5-3-4-6-15(14)30-19(22)20-16(23)12-31(26,27)13-17(24)21-7-9-28-10-8-21/h3-6H,2,7-13H2,1H3. The minimum Gasteiger partial charge on any atom is -0.465 e. The van der Waals surface area contributed by atoms with Crippen LogP contribution in [0.1, 0.15) is 6.92 Å². The van der Waals surface area contributed by atoms with E-state index in [0.717, 1.165) is 16.0 Å². The highest BCUT2D eigenvalue weighted by Gasteiger charge is 2.25. The molecule has 3 rings (SSSR count). The third-order valence-corrected chi connectivity index (χ3v) is 6.88. The average Bonchev–Trinajstić information content (AvgIpc) is 3.04. The van der Waals surface area contributed by atoms with Crippen molar-refractivity contribution in [2.75, 3.05) is 44.4 Å². The number of carbonyl (C=O) groups is 3. The van der Waals surface area contributed by atoms with Gasteiger partial charge in [0, 0.05) is 13.1 Å². The lowest BCUT2D eigenvalue weighted by Crippen LogP contribution is -2.43. The molecule has 12 heteroatoms. The van der Waals surface area contributed by atoms with E-state index in [1.165, 1.54) is 9.47 Å². The van der Waals surface area contributed by atoms with Crippen molar-refractivity contribution < 1.29 is 32.3 Å². The minimum atomic E-state index is -4.00. The number of sulfone groups is 1. The molecule has 168 valence electrons. The maximum absolute atomic E-state index is 12.4. The van der Waals surface area contributed by atoms with Crippen LogP contribution in [0.4, 0.5) is 0 Å². The number of ether oxygens (including phenoxy) is 2. The number of thiazole rings is 1. The third kappa shape index (κ3) is 6.21. The maximum Gasteiger partial charge on any atom is 0.326 e. The molecule has 0 saturated carbocycles. The van der Waals surface area contributed by atoms with Gasteiger partial charge in [-0.05, 0) is 19.1 Å². The Morgan fingerprint density at radius 3 is 2.58 bits per heavy atom. The molecular weight excluding hydrogens is 446 g/mol. The number of nitrogens with zero attached hydrogens (tertiary/aromatic N) is 3. The largest absolute Gasteiger partial charge is 0.465 e. The Labute approximate surface area is 183 Å². The number of para-hydroxylation sites is 1. The maximum atomic E-state index is 12.4. The van der Waals surface area contributed by atoms with Crippen molar-refractivity contribution in [1.29, 1.82) is 0 Å². The summed E-state index contributed by atoms with van der Waals surface area (Å²) in [6.07, 6.45) is 0. The van der Waals surface area contributed by atoms with Gasteiger partial charge in [-0.2, -0.15) is 4.99 Å². The number of rotatable bonds is 7. The summed E-state index contributed by atoms with van der Waals surface area (Å²) in [5.74, 6) is -3.61. The molecule has 1 fully saturated rings. The van der Waals surface area contributed by atoms with Gasteiger partial charge in [0.2, 0.25) is 5.91 Å². The van der Waals surface area contributed by atoms with Crippen LogP contribution in [0.15, 0.2) is 29.3 Å². The second-order valence-electron chi connectivity index (χ2n) is 6.77. The predicted octanol–water partition coefficient (Wildman–Crippen LogP) is -0.0332. The molecule has 1 saturated heterocycles. The van der Waals surface area contributed by atoms with Gasteiger partial charge in [0.1, 0.15) is 18.1 Å². The monoisotopic (exact) mass is 469 g/mol. The number of hydrogen-bond donors (Lipinski definition) is 0. The molecule has 1 aliphatic rings. The molecule has 1 aromatic heterocycles. The zero-order valence-electron chi connectivity index (χ0n) is 17.0. The number of hydrogen-bond acceptors (Lipinski definition) is 8. The summed E-state index contributed by atoms with van der Waals surface area (Å²) >= 11 is 1.16. The smallest absolute Gasteiger partial charge is 0.326 e. The molecular formula is C19H23N3O7S2. The van der Waals surface area contributed by atoms with Crippen LogP contribution in [0.5, 0.6) is 0 Å². The van der Waals surface area contributed by atoms with Gasteiger partial charge in [-0.25, -0.2) is 8.42 Å². The fraction of sp³-hybridized carbons (Fsp3) is 0.474. The number of carbonyl (C=O) groups excluding carboxylic acids is 3. The van der Waals surface area contributed by atoms with Crippen LogP contribution >= 0.6 is 11.3 Å². The van der Waals surface area contributed by atoms with Crippen LogP contribution in [-0.2, 0) is 40.2 Å². The number of esters is 1. The topological polar surface area (TPSA) is 124 Å². The van der Waals surface area contributed by atoms with Crippen molar-refractivity contribution in [3.63, 3.8) is 0 Å². The van der Waals surface area contributed by atoms with Crippen LogP contribution < -0.4 is 4.80 Å². The number of morpholine rings is 1. The summed E-state index contributed by atoms with van der Waals surface area (Å²) in [7, 11) is -4.00. The van der Waals surface area contributed by atoms with Crippen LogP contribution in [0.3, 0.4) is 0 Å². The van der Waals surface area contributed by atoms with Crippen molar-refractivity contribution in [3.05, 3.63) is 29.1 Å². The summed E-state index contributed by atoms with van der Waals surface area (Å²) in [5.41, 5.74) is 0.678. The number of amides is 2. The van der Waals surface area contributed by atoms with E-state index in [0.29, 0.717) is 31.8 Å². The van der Waals surface area contributed by atoms with Crippen LogP contribution in [0, 0.1) is 0 Å². The molecule has 2 amide bonds. The first kappa shape index (κ1) is 23.1. The summed E-state index contributed by atoms with van der Waals surface area (Å²) in [6, 6.07) is 7.17. The average molecular weight is 470 g/mol. The van der Waals surface area contributed by atoms with Gasteiger partial charge in [-0.3, -0.25) is 14.4 Å². The van der Waals surface area contributed by atoms with E-state index >= 15 is 0 Å². The van der Waals surface area contributed by atoms with Gasteiger partial charge in [-0.1, -0.05) is 23.5 Å². The van der Waals surface area contributed by atoms with E-state index in [2.05, 4.69) is 4.99 Å². The molecule has 2 aromatic rings. The lowest BCUT2D eigenvalue weighted by atomic mass is 10.3. The van der Waals surface area contributed by atoms with Gasteiger partial charge < -0.3 is 18.9 Å². The Morgan fingerprint density at radius 2 is 1.87 bits per heavy atom. The van der Waals surface area contributed by atoms with Crippen LogP contribution in [-0.4, -0.2) is 80.1 Å². The molecule has 0 radical (unpaired) electrons. The quantitative estimate of drug-likeness (QED) is 0.522. The van der Waals surface area contributed by atoms with Crippen LogP contribution in [0.2, 0.25) is 0 Å². The first-order valence-corrected chi connectivity index (χ1v) is 12.3. The zero-order chi connectivity index (χ0) is 22.4. The molecule has 0 bridgehead atoms. The molecule has 0 unspecified atom stereocenters. The molecule has 0 N–H and O–H groups in total. The van der Waals surface area contributed by atoms with E-state index in [-0.39, 0.29) is 18.0 Å². The van der Waals surface area contributed by atoms with Gasteiger partial charge in [-0.15, -0.1) is 0 Å². The van der Waals surface area contributed by atoms with Crippen molar-refractivity contribution in [1.82, 2.24) is 9.47 Å². The molecule has 0 atom stereocenters. The number of fused-ring (bicyclic) bond motifs is 1. The van der Waals surface area contributed by atoms with Crippen molar-refractivity contribution in [3.8, 4) is 0 Å². The molecule has 0 aliphatic carbocycles. The Kier molecular flexibility index (Phi) is 7.57. The van der Waals surface area contributed by atoms with E-state index in [4.69, 9.17) is 9.47 Å². The lowest BCUT2D eigenvalue weighted by Gasteiger charge is -2.26. The van der Waals surface area contributed by atoms with Gasteiger partial charge in [0.15, 0.2) is 14.6 Å². The summed E-state index contributed by atoms with van der Waals surface area (Å²) < 4.78 is 37.2. The Hall–Kier alpha value is -2.57. The van der Waals surface area contributed by atoms with E-state index in [1.54, 1.807) is 25.1 Å². The minimum absolute atomic E-state index is 0.160. The van der Waals surface area contributed by atoms with Crippen molar-refractivity contribution in [2.45, 2.75) is 13.5 Å². The molecule has 31 heavy (non-hydrogen) atoms. The van der Waals surface area contributed by atoms with Gasteiger partial charge >= 0.3 is 5.97 Å². The highest BCUT2D eigenvalue weighted by atomic mass is 32.2. The van der Waals surface area contributed by atoms with E-state index in [9.17, 15) is 22.8 Å². The fourth-order valence-corrected chi connectivity index (χ4v) is 5.21. The molecule has 1 aromatic carbocycles. The Morgan fingerprint density at radius 1 is 1.16 bits per heavy atom. The van der Waals surface area contributed by atoms with Gasteiger partial charge in [0.25, 0.3) is 5.91 Å². The Bertz CT molecular complexity index is 1140. The van der Waals surface area contributed by atoms with Crippen LogP contribution in [0.25, 0.3) is 10.2 Å². The number of benzene rings is 1. The fourth-order valence-electron chi connectivity index (χ4n) is 3.06. The summed E-state index contributed by atoms with van der Waals surface area (Å²) in [6.45, 7) is 3.09. The highest BCUT2D eigenvalue weighted by molar-refractivity contribution is 7.92. The third-order valence-electron chi connectivity index (χ3n) is 4.45. The van der Waals surface area contributed by atoms with E-state index in [1.807, 2.05) is 6.07 Å². The molecule has 0 spiro atoms. The highest BCUT2D eigenvalue weighted by Crippen LogP contribution is 2.16. The second-order valence-corrected chi connectivity index (χ2v) is 9.85. The van der Waals surface area contributed by atoms with Crippen molar-refractivity contribution in [2.24, 2.45) is 4.99 Å². The van der Waals surface area contributed by atoms with Crippen molar-refractivity contribution >= 4 is 49.2 Å². The Balaban J connectivity index is 1.79. The lowest BCUT2D eigenvalue weighted by molar-refractivity contribution is -0.143. The van der Waals surface area contributed by atoms with Gasteiger partial charge in [0.05, 0.1) is 30.0 Å². The summed E-state index contributed by atoms with van der Waals surface area (Å²) in [5, 5.41) is 0.